The van der Waals surface area contributed by atoms with E-state index in [0.29, 0.717) is 0 Å². The van der Waals surface area contributed by atoms with Crippen LogP contribution in [0.25, 0.3) is 0 Å². The fourth-order valence-electron chi connectivity index (χ4n) is 2.23. The maximum Gasteiger partial charge on any atom is 0.445 e. The molecule has 0 nitrogen and oxygen atoms in total. The minimum atomic E-state index is -5.51. The van der Waals surface area contributed by atoms with E-state index in [0.717, 1.165) is 0 Å². The van der Waals surface area contributed by atoms with Gasteiger partial charge in [0.15, 0.2) is 0 Å². The van der Waals surface area contributed by atoms with Gasteiger partial charge in [0, 0.05) is 11.8 Å². The SMILES string of the molecule is F/C(=C(/F)C(F)(F)F)C1CCC(/C(F)=C(\F)C(F)(F)F)CC1. The molecule has 1 fully saturated rings. The molecule has 1 aliphatic rings. The van der Waals surface area contributed by atoms with E-state index in [1.54, 1.807) is 0 Å². The van der Waals surface area contributed by atoms with Crippen molar-refractivity contribution in [3.63, 3.8) is 0 Å². The molecule has 1 rings (SSSR count). The summed E-state index contributed by atoms with van der Waals surface area (Å²) in [5.41, 5.74) is 0. The second-order valence-electron chi connectivity index (χ2n) is 4.87. The maximum atomic E-state index is 13.3. The Hall–Kier alpha value is -1.22. The average Bonchev–Trinajstić information content (AvgIpc) is 2.42. The first-order valence-corrected chi connectivity index (χ1v) is 6.10. The van der Waals surface area contributed by atoms with E-state index in [-0.39, 0.29) is 0 Å². The zero-order valence-corrected chi connectivity index (χ0v) is 10.8. The summed E-state index contributed by atoms with van der Waals surface area (Å²) in [5.74, 6) is -13.0. The average molecular weight is 344 g/mol. The van der Waals surface area contributed by atoms with Crippen molar-refractivity contribution in [3.05, 3.63) is 23.3 Å². The van der Waals surface area contributed by atoms with Gasteiger partial charge in [0.05, 0.1) is 0 Å². The number of rotatable bonds is 2. The van der Waals surface area contributed by atoms with E-state index in [2.05, 4.69) is 0 Å². The Kier molecular flexibility index (Phi) is 5.56. The Bertz CT molecular complexity index is 415. The van der Waals surface area contributed by atoms with E-state index in [1.165, 1.54) is 0 Å². The van der Waals surface area contributed by atoms with Gasteiger partial charge in [-0.05, 0) is 25.7 Å². The number of allylic oxidation sites excluding steroid dienone is 4. The first kappa shape index (κ1) is 18.8. The third kappa shape index (κ3) is 4.39. The second-order valence-corrected chi connectivity index (χ2v) is 4.87. The molecule has 0 aromatic rings. The molecule has 0 amide bonds. The van der Waals surface area contributed by atoms with Crippen molar-refractivity contribution in [2.24, 2.45) is 11.8 Å². The van der Waals surface area contributed by atoms with Crippen molar-refractivity contribution in [1.29, 1.82) is 0 Å². The molecular weight excluding hydrogens is 334 g/mol. The van der Waals surface area contributed by atoms with E-state index in [1.807, 2.05) is 0 Å². The molecule has 22 heavy (non-hydrogen) atoms. The van der Waals surface area contributed by atoms with Crippen molar-refractivity contribution >= 4 is 0 Å². The lowest BCUT2D eigenvalue weighted by atomic mass is 9.80. The molecule has 128 valence electrons. The Balaban J connectivity index is 2.80. The molecule has 0 atom stereocenters. The van der Waals surface area contributed by atoms with Gasteiger partial charge in [0.1, 0.15) is 11.7 Å². The molecule has 0 saturated heterocycles. The van der Waals surface area contributed by atoms with Crippen molar-refractivity contribution in [2.75, 3.05) is 0 Å². The smallest absolute Gasteiger partial charge is 0.208 e. The van der Waals surface area contributed by atoms with Crippen LogP contribution in [0, 0.1) is 11.8 Å². The first-order valence-electron chi connectivity index (χ1n) is 6.10. The number of hydrogen-bond acceptors (Lipinski definition) is 0. The first-order chi connectivity index (χ1) is 9.85. The lowest BCUT2D eigenvalue weighted by molar-refractivity contribution is -0.113. The van der Waals surface area contributed by atoms with E-state index < -0.39 is 73.2 Å². The Morgan fingerprint density at radius 3 is 0.955 bits per heavy atom. The molecule has 0 N–H and O–H groups in total. The predicted molar refractivity (Wildman–Crippen MR) is 56.0 cm³/mol. The van der Waals surface area contributed by atoms with Crippen LogP contribution in [0.1, 0.15) is 25.7 Å². The van der Waals surface area contributed by atoms with Gasteiger partial charge in [-0.15, -0.1) is 0 Å². The maximum absolute atomic E-state index is 13.3. The Labute approximate surface area is 118 Å². The number of halogens is 10. The lowest BCUT2D eigenvalue weighted by Crippen LogP contribution is -2.21. The van der Waals surface area contributed by atoms with Crippen LogP contribution in [0.3, 0.4) is 0 Å². The molecule has 0 heterocycles. The third-order valence-corrected chi connectivity index (χ3v) is 3.36. The number of hydrogen-bond donors (Lipinski definition) is 0. The summed E-state index contributed by atoms with van der Waals surface area (Å²) in [6.07, 6.45) is -13.1. The zero-order valence-electron chi connectivity index (χ0n) is 10.8. The van der Waals surface area contributed by atoms with Gasteiger partial charge in [-0.25, -0.2) is 8.78 Å². The van der Waals surface area contributed by atoms with Gasteiger partial charge >= 0.3 is 12.4 Å². The fourth-order valence-corrected chi connectivity index (χ4v) is 2.23. The van der Waals surface area contributed by atoms with Crippen molar-refractivity contribution in [2.45, 2.75) is 38.0 Å². The van der Waals surface area contributed by atoms with Gasteiger partial charge in [0.2, 0.25) is 11.7 Å². The van der Waals surface area contributed by atoms with E-state index >= 15 is 0 Å². The summed E-state index contributed by atoms with van der Waals surface area (Å²) in [6.45, 7) is 0. The largest absolute Gasteiger partial charge is 0.445 e. The van der Waals surface area contributed by atoms with E-state index in [9.17, 15) is 43.9 Å². The molecular formula is C12H10F10. The number of alkyl halides is 6. The van der Waals surface area contributed by atoms with Crippen LogP contribution in [0.5, 0.6) is 0 Å². The van der Waals surface area contributed by atoms with Crippen LogP contribution in [-0.4, -0.2) is 12.4 Å². The van der Waals surface area contributed by atoms with Crippen LogP contribution in [0.2, 0.25) is 0 Å². The molecule has 0 aliphatic heterocycles. The molecule has 10 heteroatoms. The highest BCUT2D eigenvalue weighted by Gasteiger charge is 2.43. The minimum absolute atomic E-state index is 0.515. The van der Waals surface area contributed by atoms with Gasteiger partial charge < -0.3 is 0 Å². The Morgan fingerprint density at radius 2 is 0.773 bits per heavy atom. The Morgan fingerprint density at radius 1 is 0.545 bits per heavy atom. The molecule has 0 aromatic carbocycles. The summed E-state index contributed by atoms with van der Waals surface area (Å²) >= 11 is 0. The molecule has 1 aliphatic carbocycles. The predicted octanol–water partition coefficient (Wildman–Crippen LogP) is 6.22. The standard InChI is InChI=1S/C12H10F10/c13-7(9(15)11(17,18)19)5-1-2-6(4-3-5)8(14)10(16)12(20,21)22/h5-6H,1-4H2/b9-7+,10-8+. The summed E-state index contributed by atoms with van der Waals surface area (Å²) < 4.78 is 124. The van der Waals surface area contributed by atoms with Crippen LogP contribution in [0.4, 0.5) is 43.9 Å². The molecule has 0 radical (unpaired) electrons. The molecule has 0 aromatic heterocycles. The zero-order chi connectivity index (χ0) is 17.3. The van der Waals surface area contributed by atoms with Crippen LogP contribution in [-0.2, 0) is 0 Å². The monoisotopic (exact) mass is 344 g/mol. The molecule has 0 unspecified atom stereocenters. The highest BCUT2D eigenvalue weighted by molar-refractivity contribution is 5.13. The van der Waals surface area contributed by atoms with Crippen molar-refractivity contribution < 1.29 is 43.9 Å². The van der Waals surface area contributed by atoms with Crippen LogP contribution >= 0.6 is 0 Å². The molecule has 1 saturated carbocycles. The molecule has 0 bridgehead atoms. The molecule has 0 spiro atoms. The quantitative estimate of drug-likeness (QED) is 0.522. The highest BCUT2D eigenvalue weighted by Crippen LogP contribution is 2.43. The fraction of sp³-hybridized carbons (Fsp3) is 0.667. The van der Waals surface area contributed by atoms with Crippen LogP contribution in [0.15, 0.2) is 23.3 Å². The van der Waals surface area contributed by atoms with Gasteiger partial charge in [-0.1, -0.05) is 0 Å². The minimum Gasteiger partial charge on any atom is -0.208 e. The normalized spacial score (nSPS) is 26.5. The summed E-state index contributed by atoms with van der Waals surface area (Å²) in [7, 11) is 0. The second kappa shape index (κ2) is 6.49. The van der Waals surface area contributed by atoms with Gasteiger partial charge in [-0.2, -0.15) is 35.1 Å². The third-order valence-electron chi connectivity index (χ3n) is 3.36. The van der Waals surface area contributed by atoms with Gasteiger partial charge in [0.25, 0.3) is 0 Å². The highest BCUT2D eigenvalue weighted by atomic mass is 19.4. The van der Waals surface area contributed by atoms with Crippen LogP contribution < -0.4 is 0 Å². The van der Waals surface area contributed by atoms with Crippen molar-refractivity contribution in [1.82, 2.24) is 0 Å². The summed E-state index contributed by atoms with van der Waals surface area (Å²) in [6, 6.07) is 0. The topological polar surface area (TPSA) is 0 Å². The summed E-state index contributed by atoms with van der Waals surface area (Å²) in [5, 5.41) is 0. The summed E-state index contributed by atoms with van der Waals surface area (Å²) in [4.78, 5) is 0. The van der Waals surface area contributed by atoms with Gasteiger partial charge in [-0.3, -0.25) is 0 Å². The lowest BCUT2D eigenvalue weighted by Gasteiger charge is -2.27. The van der Waals surface area contributed by atoms with E-state index in [4.69, 9.17) is 0 Å². The van der Waals surface area contributed by atoms with Crippen molar-refractivity contribution in [3.8, 4) is 0 Å².